The lowest BCUT2D eigenvalue weighted by atomic mass is 9.95. The molecule has 1 rings (SSSR count). The second-order valence-corrected chi connectivity index (χ2v) is 6.13. The number of likely N-dealkylation sites (tertiary alicyclic amines) is 1. The van der Waals surface area contributed by atoms with Crippen molar-refractivity contribution < 1.29 is 0 Å². The van der Waals surface area contributed by atoms with Gasteiger partial charge >= 0.3 is 0 Å². The zero-order valence-electron chi connectivity index (χ0n) is 8.39. The summed E-state index contributed by atoms with van der Waals surface area (Å²) in [6.07, 6.45) is 2.84. The van der Waals surface area contributed by atoms with Crippen molar-refractivity contribution in [2.75, 3.05) is 13.1 Å². The van der Waals surface area contributed by atoms with Crippen LogP contribution in [0.25, 0.3) is 0 Å². The van der Waals surface area contributed by atoms with Crippen molar-refractivity contribution in [2.45, 2.75) is 43.6 Å². The molecule has 0 bridgehead atoms. The molecule has 1 unspecified atom stereocenters. The first kappa shape index (κ1) is 10.8. The molecule has 1 aliphatic heterocycles. The summed E-state index contributed by atoms with van der Waals surface area (Å²) in [4.78, 5) is 2.61. The molecular formula is C10H20IN. The monoisotopic (exact) mass is 281 g/mol. The summed E-state index contributed by atoms with van der Waals surface area (Å²) in [5.74, 6) is 0.932. The smallest absolute Gasteiger partial charge is 0.0122 e. The van der Waals surface area contributed by atoms with Crippen LogP contribution in [-0.2, 0) is 0 Å². The van der Waals surface area contributed by atoms with Gasteiger partial charge in [0.1, 0.15) is 0 Å². The molecule has 1 heterocycles. The van der Waals surface area contributed by atoms with Crippen LogP contribution >= 0.6 is 22.6 Å². The third kappa shape index (κ3) is 2.87. The van der Waals surface area contributed by atoms with E-state index in [1.54, 1.807) is 0 Å². The molecule has 12 heavy (non-hydrogen) atoms. The van der Waals surface area contributed by atoms with Gasteiger partial charge in [0, 0.05) is 16.5 Å². The van der Waals surface area contributed by atoms with Crippen LogP contribution in [-0.4, -0.2) is 28.0 Å². The fourth-order valence-electron chi connectivity index (χ4n) is 1.88. The number of halogens is 1. The van der Waals surface area contributed by atoms with Crippen molar-refractivity contribution in [2.24, 2.45) is 5.92 Å². The average Bonchev–Trinajstić information content (AvgIpc) is 2.04. The highest BCUT2D eigenvalue weighted by molar-refractivity contribution is 14.1. The van der Waals surface area contributed by atoms with Gasteiger partial charge in [-0.1, -0.05) is 29.5 Å². The van der Waals surface area contributed by atoms with Crippen LogP contribution in [0.4, 0.5) is 0 Å². The Balaban J connectivity index is 2.40. The third-order valence-corrected chi connectivity index (χ3v) is 3.89. The third-order valence-electron chi connectivity index (χ3n) is 2.87. The summed E-state index contributed by atoms with van der Waals surface area (Å²) >= 11 is 2.57. The molecule has 72 valence electrons. The van der Waals surface area contributed by atoms with Crippen LogP contribution in [0.5, 0.6) is 0 Å². The number of nitrogens with zero attached hydrogens (tertiary/aromatic N) is 1. The zero-order valence-corrected chi connectivity index (χ0v) is 10.5. The molecule has 1 aliphatic rings. The Bertz CT molecular complexity index is 120. The minimum atomic E-state index is 0.739. The summed E-state index contributed by atoms with van der Waals surface area (Å²) < 4.78 is 0.837. The topological polar surface area (TPSA) is 3.24 Å². The maximum Gasteiger partial charge on any atom is 0.0122 e. The first-order valence-electron chi connectivity index (χ1n) is 4.99. The Kier molecular flexibility index (Phi) is 4.30. The first-order chi connectivity index (χ1) is 5.61. The average molecular weight is 281 g/mol. The van der Waals surface area contributed by atoms with Crippen molar-refractivity contribution in [1.29, 1.82) is 0 Å². The van der Waals surface area contributed by atoms with Crippen LogP contribution in [0.2, 0.25) is 0 Å². The van der Waals surface area contributed by atoms with Gasteiger partial charge in [-0.15, -0.1) is 0 Å². The Morgan fingerprint density at radius 1 is 1.33 bits per heavy atom. The van der Waals surface area contributed by atoms with Crippen molar-refractivity contribution >= 4 is 22.6 Å². The van der Waals surface area contributed by atoms with E-state index in [0.29, 0.717) is 0 Å². The van der Waals surface area contributed by atoms with Gasteiger partial charge in [-0.05, 0) is 39.2 Å². The maximum atomic E-state index is 2.61. The Morgan fingerprint density at radius 3 is 2.50 bits per heavy atom. The van der Waals surface area contributed by atoms with Crippen LogP contribution in [0.15, 0.2) is 0 Å². The van der Waals surface area contributed by atoms with Gasteiger partial charge in [0.05, 0.1) is 0 Å². The second-order valence-electron chi connectivity index (χ2n) is 4.17. The highest BCUT2D eigenvalue weighted by Gasteiger charge is 2.24. The van der Waals surface area contributed by atoms with E-state index in [9.17, 15) is 0 Å². The van der Waals surface area contributed by atoms with Gasteiger partial charge in [-0.3, -0.25) is 0 Å². The predicted molar refractivity (Wildman–Crippen MR) is 62.9 cm³/mol. The summed E-state index contributed by atoms with van der Waals surface area (Å²) in [6.45, 7) is 9.59. The molecular weight excluding hydrogens is 261 g/mol. The van der Waals surface area contributed by atoms with E-state index in [0.717, 1.165) is 15.9 Å². The second kappa shape index (κ2) is 4.80. The number of piperidine rings is 1. The van der Waals surface area contributed by atoms with E-state index in [-0.39, 0.29) is 0 Å². The van der Waals surface area contributed by atoms with Gasteiger partial charge in [0.2, 0.25) is 0 Å². The maximum absolute atomic E-state index is 2.61. The Morgan fingerprint density at radius 2 is 2.00 bits per heavy atom. The molecule has 0 aromatic heterocycles. The van der Waals surface area contributed by atoms with Crippen molar-refractivity contribution in [3.63, 3.8) is 0 Å². The molecule has 1 fully saturated rings. The SMILES string of the molecule is CC(I)[C@@H]1CCCN(C(C)C)C1. The molecule has 0 amide bonds. The van der Waals surface area contributed by atoms with Gasteiger partial charge < -0.3 is 4.90 Å². The number of hydrogen-bond donors (Lipinski definition) is 0. The molecule has 0 aliphatic carbocycles. The van der Waals surface area contributed by atoms with E-state index in [2.05, 4.69) is 48.3 Å². The van der Waals surface area contributed by atoms with E-state index in [1.165, 1.54) is 25.9 Å². The molecule has 0 saturated carbocycles. The number of alkyl halides is 1. The minimum Gasteiger partial charge on any atom is -0.301 e. The highest BCUT2D eigenvalue weighted by atomic mass is 127. The van der Waals surface area contributed by atoms with Crippen LogP contribution in [0.1, 0.15) is 33.6 Å². The van der Waals surface area contributed by atoms with E-state index >= 15 is 0 Å². The summed E-state index contributed by atoms with van der Waals surface area (Å²) in [7, 11) is 0. The largest absolute Gasteiger partial charge is 0.301 e. The van der Waals surface area contributed by atoms with Crippen LogP contribution < -0.4 is 0 Å². The summed E-state index contributed by atoms with van der Waals surface area (Å²) in [5.41, 5.74) is 0. The van der Waals surface area contributed by atoms with Crippen LogP contribution in [0.3, 0.4) is 0 Å². The molecule has 0 aromatic rings. The van der Waals surface area contributed by atoms with Crippen LogP contribution in [0, 0.1) is 5.92 Å². The quantitative estimate of drug-likeness (QED) is 0.555. The molecule has 0 N–H and O–H groups in total. The lowest BCUT2D eigenvalue weighted by Crippen LogP contribution is -2.41. The van der Waals surface area contributed by atoms with E-state index < -0.39 is 0 Å². The lowest BCUT2D eigenvalue weighted by Gasteiger charge is -2.36. The van der Waals surface area contributed by atoms with Gasteiger partial charge in [-0.2, -0.15) is 0 Å². The Hall–Kier alpha value is 0.690. The lowest BCUT2D eigenvalue weighted by molar-refractivity contribution is 0.142. The normalized spacial score (nSPS) is 29.2. The van der Waals surface area contributed by atoms with Crippen molar-refractivity contribution in [3.8, 4) is 0 Å². The fourth-order valence-corrected chi connectivity index (χ4v) is 2.47. The molecule has 2 atom stereocenters. The summed E-state index contributed by atoms with van der Waals surface area (Å²) in [6, 6.07) is 0.739. The minimum absolute atomic E-state index is 0.739. The van der Waals surface area contributed by atoms with Crippen molar-refractivity contribution in [3.05, 3.63) is 0 Å². The van der Waals surface area contributed by atoms with Gasteiger partial charge in [-0.25, -0.2) is 0 Å². The predicted octanol–water partition coefficient (Wildman–Crippen LogP) is 2.93. The fraction of sp³-hybridized carbons (Fsp3) is 1.00. The number of hydrogen-bond acceptors (Lipinski definition) is 1. The Labute approximate surface area is 90.0 Å². The zero-order chi connectivity index (χ0) is 9.14. The molecule has 0 radical (unpaired) electrons. The van der Waals surface area contributed by atoms with E-state index in [1.807, 2.05) is 0 Å². The number of rotatable bonds is 2. The molecule has 2 heteroatoms. The first-order valence-corrected chi connectivity index (χ1v) is 6.24. The molecule has 1 saturated heterocycles. The highest BCUT2D eigenvalue weighted by Crippen LogP contribution is 2.25. The van der Waals surface area contributed by atoms with Crippen molar-refractivity contribution in [1.82, 2.24) is 4.90 Å². The van der Waals surface area contributed by atoms with E-state index in [4.69, 9.17) is 0 Å². The van der Waals surface area contributed by atoms with Gasteiger partial charge in [0.15, 0.2) is 0 Å². The standard InChI is InChI=1S/C10H20IN/c1-8(2)12-6-4-5-10(7-12)9(3)11/h8-10H,4-7H2,1-3H3/t9?,10-/m1/s1. The molecule has 1 nitrogen and oxygen atoms in total. The summed E-state index contributed by atoms with van der Waals surface area (Å²) in [5, 5.41) is 0. The molecule has 0 aromatic carbocycles. The van der Waals surface area contributed by atoms with Gasteiger partial charge in [0.25, 0.3) is 0 Å². The molecule has 0 spiro atoms.